The molecule has 6 unspecified atom stereocenters. The highest BCUT2D eigenvalue weighted by molar-refractivity contribution is 5.69. The van der Waals surface area contributed by atoms with Gasteiger partial charge in [0.15, 0.2) is 6.29 Å². The first kappa shape index (κ1) is 68.2. The summed E-state index contributed by atoms with van der Waals surface area (Å²) in [4.78, 5) is 12.9. The second kappa shape index (κ2) is 54.0. The number of hydrogen-bond donors (Lipinski definition) is 4. The summed E-state index contributed by atoms with van der Waals surface area (Å²) in [5, 5.41) is 40.4. The molecule has 1 rings (SSSR count). The Kier molecular flexibility index (Phi) is 51.1. The molecule has 0 saturated carbocycles. The summed E-state index contributed by atoms with van der Waals surface area (Å²) >= 11 is 0. The Hall–Kier alpha value is -1.85. The number of aliphatic hydroxyl groups excluding tert-OH is 4. The SMILES string of the molecule is CCCCCCC/C=C\C/C=C\C/C=C\CCCCCCCCCCCOCC(COC1OC(CO)C(O)C(O)C1O)OC(=O)CCCCCCCCCCCCCCC/C=C\CCCCCCCCCC. The van der Waals surface area contributed by atoms with E-state index in [2.05, 4.69) is 62.5 Å². The molecule has 0 aliphatic carbocycles. The lowest BCUT2D eigenvalue weighted by atomic mass is 9.99. The Morgan fingerprint density at radius 1 is 0.444 bits per heavy atom. The van der Waals surface area contributed by atoms with Crippen LogP contribution in [-0.4, -0.2) is 89.6 Å². The van der Waals surface area contributed by atoms with Crippen LogP contribution in [0.4, 0.5) is 0 Å². The van der Waals surface area contributed by atoms with E-state index in [4.69, 9.17) is 18.9 Å². The van der Waals surface area contributed by atoms with Crippen LogP contribution in [0, 0.1) is 0 Å². The number of allylic oxidation sites excluding steroid dienone is 8. The molecule has 1 fully saturated rings. The molecule has 0 aromatic rings. The Labute approximate surface area is 443 Å². The fourth-order valence-corrected chi connectivity index (χ4v) is 9.44. The maximum Gasteiger partial charge on any atom is 0.306 e. The van der Waals surface area contributed by atoms with Crippen molar-refractivity contribution >= 4 is 5.97 Å². The lowest BCUT2D eigenvalue weighted by molar-refractivity contribution is -0.305. The summed E-state index contributed by atoms with van der Waals surface area (Å²) in [6, 6.07) is 0. The Morgan fingerprint density at radius 3 is 1.22 bits per heavy atom. The highest BCUT2D eigenvalue weighted by Crippen LogP contribution is 2.23. The van der Waals surface area contributed by atoms with Crippen molar-refractivity contribution in [3.05, 3.63) is 48.6 Å². The first-order chi connectivity index (χ1) is 35.4. The zero-order chi connectivity index (χ0) is 52.1. The van der Waals surface area contributed by atoms with E-state index < -0.39 is 43.4 Å². The largest absolute Gasteiger partial charge is 0.457 e. The van der Waals surface area contributed by atoms with Gasteiger partial charge in [-0.25, -0.2) is 0 Å². The predicted molar refractivity (Wildman–Crippen MR) is 302 cm³/mol. The minimum Gasteiger partial charge on any atom is -0.457 e. The number of esters is 1. The molecule has 422 valence electrons. The third-order valence-electron chi connectivity index (χ3n) is 14.2. The molecule has 1 heterocycles. The van der Waals surface area contributed by atoms with Gasteiger partial charge in [0.25, 0.3) is 0 Å². The molecule has 0 amide bonds. The van der Waals surface area contributed by atoms with Gasteiger partial charge in [-0.3, -0.25) is 4.79 Å². The van der Waals surface area contributed by atoms with Crippen LogP contribution in [0.3, 0.4) is 0 Å². The average Bonchev–Trinajstić information content (AvgIpc) is 3.38. The maximum atomic E-state index is 12.9. The monoisotopic (exact) mass is 1020 g/mol. The van der Waals surface area contributed by atoms with Gasteiger partial charge < -0.3 is 39.4 Å². The van der Waals surface area contributed by atoms with Gasteiger partial charge in [-0.2, -0.15) is 0 Å². The molecular formula is C63H116O9. The van der Waals surface area contributed by atoms with E-state index in [0.29, 0.717) is 13.0 Å². The van der Waals surface area contributed by atoms with Gasteiger partial charge >= 0.3 is 5.97 Å². The summed E-state index contributed by atoms with van der Waals surface area (Å²) in [5.74, 6) is -0.312. The first-order valence-corrected chi connectivity index (χ1v) is 30.7. The van der Waals surface area contributed by atoms with E-state index in [1.54, 1.807) is 0 Å². The number of carbonyl (C=O) groups excluding carboxylic acids is 1. The molecule has 1 saturated heterocycles. The van der Waals surface area contributed by atoms with Crippen LogP contribution in [0.15, 0.2) is 48.6 Å². The summed E-state index contributed by atoms with van der Waals surface area (Å²) in [6.45, 7) is 4.58. The van der Waals surface area contributed by atoms with E-state index in [9.17, 15) is 25.2 Å². The molecule has 0 spiro atoms. The number of rotatable bonds is 54. The van der Waals surface area contributed by atoms with Crippen molar-refractivity contribution in [1.82, 2.24) is 0 Å². The summed E-state index contributed by atoms with van der Waals surface area (Å²) in [6.07, 6.45) is 63.1. The van der Waals surface area contributed by atoms with E-state index >= 15 is 0 Å². The van der Waals surface area contributed by atoms with E-state index in [1.807, 2.05) is 0 Å². The Balaban J connectivity index is 2.13. The number of aliphatic hydroxyl groups is 4. The lowest BCUT2D eigenvalue weighted by Crippen LogP contribution is -2.59. The van der Waals surface area contributed by atoms with Gasteiger partial charge in [-0.05, 0) is 77.0 Å². The molecule has 72 heavy (non-hydrogen) atoms. The van der Waals surface area contributed by atoms with Crippen molar-refractivity contribution in [2.75, 3.05) is 26.4 Å². The van der Waals surface area contributed by atoms with Crippen LogP contribution in [0.1, 0.15) is 284 Å². The Morgan fingerprint density at radius 2 is 0.806 bits per heavy atom. The van der Waals surface area contributed by atoms with E-state index in [-0.39, 0.29) is 19.2 Å². The number of ether oxygens (including phenoxy) is 4. The van der Waals surface area contributed by atoms with Crippen molar-refractivity contribution in [2.45, 2.75) is 320 Å². The summed E-state index contributed by atoms with van der Waals surface area (Å²) in [7, 11) is 0. The van der Waals surface area contributed by atoms with Crippen LogP contribution in [0.5, 0.6) is 0 Å². The van der Waals surface area contributed by atoms with Crippen molar-refractivity contribution in [3.63, 3.8) is 0 Å². The quantitative estimate of drug-likeness (QED) is 0.0267. The van der Waals surface area contributed by atoms with Gasteiger partial charge in [0.05, 0.1) is 19.8 Å². The molecule has 9 heteroatoms. The number of unbranched alkanes of at least 4 members (excludes halogenated alkanes) is 35. The normalized spacial score (nSPS) is 19.0. The molecule has 0 bridgehead atoms. The molecule has 0 aromatic carbocycles. The smallest absolute Gasteiger partial charge is 0.306 e. The van der Waals surface area contributed by atoms with Crippen LogP contribution in [0.2, 0.25) is 0 Å². The molecule has 0 aromatic heterocycles. The molecule has 6 atom stereocenters. The molecule has 1 aliphatic rings. The van der Waals surface area contributed by atoms with Crippen molar-refractivity contribution in [2.24, 2.45) is 0 Å². The van der Waals surface area contributed by atoms with Crippen molar-refractivity contribution in [1.29, 1.82) is 0 Å². The van der Waals surface area contributed by atoms with Gasteiger partial charge in [0.2, 0.25) is 0 Å². The standard InChI is InChI=1S/C63H116O9/c1-3-5-7-9-11-13-15-17-19-21-23-25-27-29-30-32-34-36-38-40-42-44-46-48-50-52-59(65)71-57(56-70-63-62(68)61(67)60(66)58(54-64)72-63)55-69-53-51-49-47-45-43-41-39-37-35-33-31-28-26-24-22-20-18-16-14-12-10-8-6-4-2/h16,18,21-24,28,31,57-58,60-64,66-68H,3-15,17,19-20,25-27,29-30,32-56H2,1-2H3/b18-16-,23-21-,24-22-,31-28-. The fourth-order valence-electron chi connectivity index (χ4n) is 9.44. The lowest BCUT2D eigenvalue weighted by Gasteiger charge is -2.39. The highest BCUT2D eigenvalue weighted by atomic mass is 16.7. The van der Waals surface area contributed by atoms with E-state index in [1.165, 1.54) is 218 Å². The van der Waals surface area contributed by atoms with Crippen LogP contribution in [-0.2, 0) is 23.7 Å². The van der Waals surface area contributed by atoms with Crippen molar-refractivity contribution in [3.8, 4) is 0 Å². The predicted octanol–water partition coefficient (Wildman–Crippen LogP) is 16.4. The third-order valence-corrected chi connectivity index (χ3v) is 14.2. The first-order valence-electron chi connectivity index (χ1n) is 30.7. The van der Waals surface area contributed by atoms with Gasteiger partial charge in [-0.1, -0.05) is 249 Å². The Bertz CT molecular complexity index is 1250. The number of hydrogen-bond acceptors (Lipinski definition) is 9. The average molecular weight is 1020 g/mol. The zero-order valence-electron chi connectivity index (χ0n) is 46.9. The summed E-state index contributed by atoms with van der Waals surface area (Å²) < 4.78 is 23.0. The minimum absolute atomic E-state index is 0.115. The van der Waals surface area contributed by atoms with Gasteiger partial charge in [-0.15, -0.1) is 0 Å². The molecule has 1 aliphatic heterocycles. The summed E-state index contributed by atoms with van der Waals surface area (Å²) in [5.41, 5.74) is 0. The minimum atomic E-state index is -1.54. The van der Waals surface area contributed by atoms with Gasteiger partial charge in [0, 0.05) is 13.0 Å². The molecule has 4 N–H and O–H groups in total. The second-order valence-electron chi connectivity index (χ2n) is 21.1. The highest BCUT2D eigenvalue weighted by Gasteiger charge is 2.44. The van der Waals surface area contributed by atoms with Crippen molar-refractivity contribution < 1.29 is 44.2 Å². The molecule has 0 radical (unpaired) electrons. The number of carbonyl (C=O) groups is 1. The fraction of sp³-hybridized carbons (Fsp3) is 0.857. The molecular weight excluding hydrogens is 901 g/mol. The van der Waals surface area contributed by atoms with Gasteiger partial charge in [0.1, 0.15) is 30.5 Å². The zero-order valence-corrected chi connectivity index (χ0v) is 46.9. The van der Waals surface area contributed by atoms with Crippen LogP contribution < -0.4 is 0 Å². The van der Waals surface area contributed by atoms with E-state index in [0.717, 1.165) is 44.9 Å². The van der Waals surface area contributed by atoms with Crippen LogP contribution >= 0.6 is 0 Å². The molecule has 9 nitrogen and oxygen atoms in total. The maximum absolute atomic E-state index is 12.9. The topological polar surface area (TPSA) is 135 Å². The third kappa shape index (κ3) is 43.4. The van der Waals surface area contributed by atoms with Crippen LogP contribution in [0.25, 0.3) is 0 Å². The second-order valence-corrected chi connectivity index (χ2v) is 21.1.